The van der Waals surface area contributed by atoms with E-state index in [0.29, 0.717) is 11.3 Å². The molecule has 2 heterocycles. The molecule has 22 heavy (non-hydrogen) atoms. The highest BCUT2D eigenvalue weighted by Gasteiger charge is 2.08. The van der Waals surface area contributed by atoms with Gasteiger partial charge in [0.1, 0.15) is 18.3 Å². The molecule has 0 atom stereocenters. The summed E-state index contributed by atoms with van der Waals surface area (Å²) in [5.41, 5.74) is -0.226. The lowest BCUT2D eigenvalue weighted by Crippen LogP contribution is -2.08. The summed E-state index contributed by atoms with van der Waals surface area (Å²) < 4.78 is 9.68. The molecular weight excluding hydrogens is 288 g/mol. The summed E-state index contributed by atoms with van der Waals surface area (Å²) in [7, 11) is 0. The van der Waals surface area contributed by atoms with Crippen molar-refractivity contribution in [3.05, 3.63) is 56.6 Å². The molecule has 2 aromatic rings. The van der Waals surface area contributed by atoms with Crippen molar-refractivity contribution in [2.75, 3.05) is 0 Å². The second-order valence-corrected chi connectivity index (χ2v) is 5.38. The number of aromatic hydroxyl groups is 2. The second-order valence-electron chi connectivity index (χ2n) is 5.38. The summed E-state index contributed by atoms with van der Waals surface area (Å²) in [6.45, 7) is 7.56. The molecule has 2 rings (SSSR count). The predicted octanol–water partition coefficient (Wildman–Crippen LogP) is 2.94. The van der Waals surface area contributed by atoms with Gasteiger partial charge in [0.2, 0.25) is 10.9 Å². The van der Waals surface area contributed by atoms with Crippen LogP contribution in [0.1, 0.15) is 50.9 Å². The van der Waals surface area contributed by atoms with Gasteiger partial charge in [0.15, 0.2) is 11.5 Å². The quantitative estimate of drug-likeness (QED) is 0.884. The number of hydrogen-bond acceptors (Lipinski definition) is 6. The molecule has 0 aromatic carbocycles. The molecule has 0 radical (unpaired) electrons. The van der Waals surface area contributed by atoms with E-state index in [0.717, 1.165) is 12.5 Å². The van der Waals surface area contributed by atoms with Gasteiger partial charge in [-0.3, -0.25) is 9.59 Å². The largest absolute Gasteiger partial charge is 0.502 e. The molecule has 2 N–H and O–H groups in total. The van der Waals surface area contributed by atoms with Crippen LogP contribution in [0.4, 0.5) is 0 Å². The monoisotopic (exact) mass is 308 g/mol. The summed E-state index contributed by atoms with van der Waals surface area (Å²) >= 11 is 0. The Morgan fingerprint density at radius 1 is 0.909 bits per heavy atom. The van der Waals surface area contributed by atoms with Gasteiger partial charge in [-0.1, -0.05) is 27.7 Å². The Balaban J connectivity index is 0.000000220. The topological polar surface area (TPSA) is 101 Å². The summed E-state index contributed by atoms with van der Waals surface area (Å²) in [5.74, 6) is 0.181. The molecule has 0 spiro atoms. The van der Waals surface area contributed by atoms with Crippen LogP contribution >= 0.6 is 0 Å². The van der Waals surface area contributed by atoms with Gasteiger partial charge in [-0.25, -0.2) is 0 Å². The molecule has 6 heteroatoms. The first-order valence-corrected chi connectivity index (χ1v) is 6.85. The van der Waals surface area contributed by atoms with Crippen molar-refractivity contribution in [2.45, 2.75) is 39.5 Å². The maximum Gasteiger partial charge on any atom is 0.229 e. The molecule has 120 valence electrons. The minimum absolute atomic E-state index is 0.0818. The Hall–Kier alpha value is -2.50. The zero-order chi connectivity index (χ0) is 16.9. The van der Waals surface area contributed by atoms with E-state index in [-0.39, 0.29) is 34.2 Å². The fraction of sp³-hybridized carbons (Fsp3) is 0.375. The van der Waals surface area contributed by atoms with Gasteiger partial charge in [0, 0.05) is 17.5 Å². The Morgan fingerprint density at radius 2 is 1.55 bits per heavy atom. The van der Waals surface area contributed by atoms with Gasteiger partial charge in [0.25, 0.3) is 0 Å². The van der Waals surface area contributed by atoms with E-state index in [1.165, 1.54) is 12.3 Å². The van der Waals surface area contributed by atoms with Crippen molar-refractivity contribution in [1.82, 2.24) is 0 Å². The van der Waals surface area contributed by atoms with Gasteiger partial charge in [0.05, 0.1) is 6.26 Å². The lowest BCUT2D eigenvalue weighted by molar-refractivity contribution is 0.405. The zero-order valence-corrected chi connectivity index (χ0v) is 13.0. The average molecular weight is 308 g/mol. The van der Waals surface area contributed by atoms with E-state index in [9.17, 15) is 9.59 Å². The lowest BCUT2D eigenvalue weighted by Gasteiger charge is -2.01. The van der Waals surface area contributed by atoms with E-state index in [2.05, 4.69) is 0 Å². The third-order valence-corrected chi connectivity index (χ3v) is 2.89. The minimum atomic E-state index is -0.389. The molecule has 0 bridgehead atoms. The van der Waals surface area contributed by atoms with Crippen LogP contribution in [-0.2, 0) is 0 Å². The molecule has 2 aromatic heterocycles. The van der Waals surface area contributed by atoms with Crippen molar-refractivity contribution < 1.29 is 19.0 Å². The minimum Gasteiger partial charge on any atom is -0.502 e. The molecule has 0 saturated carbocycles. The first-order valence-electron chi connectivity index (χ1n) is 6.85. The number of rotatable bonds is 2. The average Bonchev–Trinajstić information content (AvgIpc) is 2.45. The third kappa shape index (κ3) is 4.51. The predicted molar refractivity (Wildman–Crippen MR) is 81.5 cm³/mol. The normalized spacial score (nSPS) is 10.5. The van der Waals surface area contributed by atoms with Crippen molar-refractivity contribution in [3.63, 3.8) is 0 Å². The second kappa shape index (κ2) is 7.49. The summed E-state index contributed by atoms with van der Waals surface area (Å²) in [6.07, 6.45) is 3.47. The summed E-state index contributed by atoms with van der Waals surface area (Å²) in [6, 6.07) is 1.31. The van der Waals surface area contributed by atoms with Gasteiger partial charge < -0.3 is 19.0 Å². The fourth-order valence-electron chi connectivity index (χ4n) is 1.55. The van der Waals surface area contributed by atoms with Crippen molar-refractivity contribution in [1.29, 1.82) is 0 Å². The molecular formula is C16H20O6. The summed E-state index contributed by atoms with van der Waals surface area (Å²) in [5, 5.41) is 17.8. The highest BCUT2D eigenvalue weighted by Crippen LogP contribution is 2.13. The van der Waals surface area contributed by atoms with E-state index >= 15 is 0 Å². The first kappa shape index (κ1) is 17.6. The highest BCUT2D eigenvalue weighted by atomic mass is 16.4. The standard InChI is InChI=1S/2C8H10O3/c1-5(2)8-3-6(9)7(10)4-11-8;1-5(2)6-3-11-4-7(9)8(6)10/h3-5,10H,1-2H3;3-5,9H,1-2H3. The molecule has 0 aliphatic carbocycles. The van der Waals surface area contributed by atoms with Crippen LogP contribution in [0.15, 0.2) is 43.3 Å². The van der Waals surface area contributed by atoms with Gasteiger partial charge in [-0.2, -0.15) is 0 Å². The number of hydrogen-bond donors (Lipinski definition) is 2. The Bertz CT molecular complexity index is 724. The third-order valence-electron chi connectivity index (χ3n) is 2.89. The fourth-order valence-corrected chi connectivity index (χ4v) is 1.55. The Labute approximate surface area is 127 Å². The maximum absolute atomic E-state index is 11.1. The SMILES string of the molecule is CC(C)c1cc(=O)c(O)co1.CC(C)c1cocc(O)c1=O. The van der Waals surface area contributed by atoms with E-state index in [1.54, 1.807) is 0 Å². The molecule has 0 fully saturated rings. The van der Waals surface area contributed by atoms with Crippen LogP contribution in [0, 0.1) is 0 Å². The van der Waals surface area contributed by atoms with E-state index in [4.69, 9.17) is 19.0 Å². The molecule has 0 saturated heterocycles. The van der Waals surface area contributed by atoms with Crippen molar-refractivity contribution in [2.24, 2.45) is 0 Å². The first-order chi connectivity index (χ1) is 10.2. The van der Waals surface area contributed by atoms with E-state index in [1.807, 2.05) is 27.7 Å². The Kier molecular flexibility index (Phi) is 5.98. The lowest BCUT2D eigenvalue weighted by atomic mass is 10.1. The van der Waals surface area contributed by atoms with Crippen LogP contribution < -0.4 is 10.9 Å². The maximum atomic E-state index is 11.1. The highest BCUT2D eigenvalue weighted by molar-refractivity contribution is 5.22. The van der Waals surface area contributed by atoms with Crippen LogP contribution in [-0.4, -0.2) is 10.2 Å². The molecule has 6 nitrogen and oxygen atoms in total. The van der Waals surface area contributed by atoms with Crippen LogP contribution in [0.3, 0.4) is 0 Å². The zero-order valence-electron chi connectivity index (χ0n) is 13.0. The van der Waals surface area contributed by atoms with Crippen molar-refractivity contribution >= 4 is 0 Å². The van der Waals surface area contributed by atoms with Crippen LogP contribution in [0.5, 0.6) is 11.5 Å². The van der Waals surface area contributed by atoms with Crippen LogP contribution in [0.25, 0.3) is 0 Å². The smallest absolute Gasteiger partial charge is 0.229 e. The van der Waals surface area contributed by atoms with Crippen molar-refractivity contribution in [3.8, 4) is 11.5 Å². The molecule has 0 aliphatic rings. The Morgan fingerprint density at radius 3 is 2.00 bits per heavy atom. The van der Waals surface area contributed by atoms with Gasteiger partial charge >= 0.3 is 0 Å². The molecule has 0 amide bonds. The van der Waals surface area contributed by atoms with Crippen LogP contribution in [0.2, 0.25) is 0 Å². The summed E-state index contributed by atoms with van der Waals surface area (Å²) in [4.78, 5) is 21.9. The van der Waals surface area contributed by atoms with Gasteiger partial charge in [-0.05, 0) is 5.92 Å². The van der Waals surface area contributed by atoms with Gasteiger partial charge in [-0.15, -0.1) is 0 Å². The molecule has 0 unspecified atom stereocenters. The molecule has 0 aliphatic heterocycles. The van der Waals surface area contributed by atoms with E-state index < -0.39 is 0 Å².